The molecule has 2 aromatic heterocycles. The van der Waals surface area contributed by atoms with Crippen molar-refractivity contribution in [1.82, 2.24) is 14.9 Å². The number of ketones is 1. The lowest BCUT2D eigenvalue weighted by Gasteiger charge is -2.18. The molecule has 22 heavy (non-hydrogen) atoms. The minimum Gasteiger partial charge on any atom is -0.355 e. The first kappa shape index (κ1) is 15.9. The number of hydrogen-bond donors (Lipinski definition) is 1. The zero-order valence-corrected chi connectivity index (χ0v) is 13.7. The lowest BCUT2D eigenvalue weighted by Crippen LogP contribution is -2.27. The predicted molar refractivity (Wildman–Crippen MR) is 85.0 cm³/mol. The van der Waals surface area contributed by atoms with Crippen molar-refractivity contribution >= 4 is 11.7 Å². The molecule has 1 N–H and O–H groups in total. The van der Waals surface area contributed by atoms with E-state index in [-0.39, 0.29) is 11.7 Å². The fraction of sp³-hybridized carbons (Fsp3) is 0.353. The molecule has 0 aliphatic heterocycles. The van der Waals surface area contributed by atoms with Crippen LogP contribution in [0.25, 0.3) is 0 Å². The molecule has 5 heteroatoms. The van der Waals surface area contributed by atoms with E-state index in [4.69, 9.17) is 0 Å². The molecular weight excluding hydrogens is 278 g/mol. The van der Waals surface area contributed by atoms with Gasteiger partial charge in [0, 0.05) is 25.9 Å². The average molecular weight is 299 g/mol. The van der Waals surface area contributed by atoms with Crippen molar-refractivity contribution < 1.29 is 9.59 Å². The third-order valence-electron chi connectivity index (χ3n) is 3.85. The molecule has 2 rings (SSSR count). The topological polar surface area (TPSA) is 66.1 Å². The van der Waals surface area contributed by atoms with E-state index in [9.17, 15) is 9.59 Å². The number of rotatable bonds is 4. The van der Waals surface area contributed by atoms with Gasteiger partial charge in [0.15, 0.2) is 5.78 Å². The van der Waals surface area contributed by atoms with Crippen LogP contribution in [-0.2, 0) is 6.54 Å². The van der Waals surface area contributed by atoms with Crippen molar-refractivity contribution in [3.8, 4) is 0 Å². The highest BCUT2D eigenvalue weighted by Crippen LogP contribution is 2.20. The van der Waals surface area contributed by atoms with Crippen LogP contribution in [0.2, 0.25) is 0 Å². The van der Waals surface area contributed by atoms with Gasteiger partial charge >= 0.3 is 0 Å². The van der Waals surface area contributed by atoms with Gasteiger partial charge in [-0.15, -0.1) is 0 Å². The van der Waals surface area contributed by atoms with Crippen LogP contribution in [0, 0.1) is 20.8 Å². The minimum atomic E-state index is -0.108. The molecular formula is C17H21N3O2. The van der Waals surface area contributed by atoms with Gasteiger partial charge in [-0.3, -0.25) is 14.6 Å². The summed E-state index contributed by atoms with van der Waals surface area (Å²) >= 11 is 0. The van der Waals surface area contributed by atoms with Gasteiger partial charge in [0.25, 0.3) is 5.91 Å². The average Bonchev–Trinajstić information content (AvgIpc) is 2.76. The second-order valence-electron chi connectivity index (χ2n) is 5.61. The first-order valence-electron chi connectivity index (χ1n) is 7.19. The summed E-state index contributed by atoms with van der Waals surface area (Å²) in [6, 6.07) is 3.85. The molecule has 0 saturated heterocycles. The molecule has 116 valence electrons. The fourth-order valence-corrected chi connectivity index (χ4v) is 2.59. The highest BCUT2D eigenvalue weighted by Gasteiger charge is 2.23. The maximum absolute atomic E-state index is 12.7. The summed E-state index contributed by atoms with van der Waals surface area (Å²) in [6.45, 7) is 7.51. The zero-order valence-electron chi connectivity index (χ0n) is 13.7. The third-order valence-corrected chi connectivity index (χ3v) is 3.85. The number of carbonyl (C=O) groups excluding carboxylic acids is 2. The molecule has 2 aromatic rings. The number of aromatic nitrogens is 2. The van der Waals surface area contributed by atoms with Crippen LogP contribution in [0.1, 0.15) is 50.3 Å². The Morgan fingerprint density at radius 2 is 1.95 bits per heavy atom. The van der Waals surface area contributed by atoms with Gasteiger partial charge in [-0.1, -0.05) is 6.07 Å². The zero-order chi connectivity index (χ0) is 16.4. The third kappa shape index (κ3) is 2.93. The molecule has 1 amide bonds. The van der Waals surface area contributed by atoms with Gasteiger partial charge in [-0.2, -0.15) is 0 Å². The van der Waals surface area contributed by atoms with Gasteiger partial charge in [-0.05, 0) is 38.0 Å². The van der Waals surface area contributed by atoms with Gasteiger partial charge < -0.3 is 9.88 Å². The number of nitrogens with one attached hydrogen (secondary N) is 1. The smallest absolute Gasteiger partial charge is 0.256 e. The summed E-state index contributed by atoms with van der Waals surface area (Å²) < 4.78 is 0. The van der Waals surface area contributed by atoms with E-state index < -0.39 is 0 Å². The monoisotopic (exact) mass is 299 g/mol. The highest BCUT2D eigenvalue weighted by atomic mass is 16.2. The largest absolute Gasteiger partial charge is 0.355 e. The number of aryl methyl sites for hydroxylation is 2. The van der Waals surface area contributed by atoms with Crippen LogP contribution in [-0.4, -0.2) is 33.6 Å². The van der Waals surface area contributed by atoms with Crippen LogP contribution < -0.4 is 0 Å². The summed E-state index contributed by atoms with van der Waals surface area (Å²) in [7, 11) is 1.75. The Hall–Kier alpha value is -2.43. The number of Topliss-reactive ketones (excluding diaryl/α,β-unsaturated/α-hetero) is 1. The summed E-state index contributed by atoms with van der Waals surface area (Å²) in [4.78, 5) is 33.3. The standard InChI is InChI=1S/C17H21N3O2/c1-10-7-6-8-18-14(10)9-20(5)17(22)15-11(2)16(13(4)21)19-12(15)3/h6-8,19H,9H2,1-5H3. The fourth-order valence-electron chi connectivity index (χ4n) is 2.59. The number of amides is 1. The number of H-pyrrole nitrogens is 1. The molecule has 0 spiro atoms. The van der Waals surface area contributed by atoms with Crippen molar-refractivity contribution in [2.75, 3.05) is 7.05 Å². The summed E-state index contributed by atoms with van der Waals surface area (Å²) in [5, 5.41) is 0. The summed E-state index contributed by atoms with van der Waals surface area (Å²) in [6.07, 6.45) is 1.72. The maximum atomic E-state index is 12.7. The van der Waals surface area contributed by atoms with E-state index in [0.29, 0.717) is 23.4 Å². The first-order chi connectivity index (χ1) is 10.3. The highest BCUT2D eigenvalue weighted by molar-refractivity contribution is 6.02. The first-order valence-corrected chi connectivity index (χ1v) is 7.19. The molecule has 0 aliphatic rings. The maximum Gasteiger partial charge on any atom is 0.256 e. The molecule has 0 unspecified atom stereocenters. The lowest BCUT2D eigenvalue weighted by molar-refractivity contribution is 0.0782. The van der Waals surface area contributed by atoms with Crippen LogP contribution >= 0.6 is 0 Å². The Balaban J connectivity index is 2.29. The number of aromatic amines is 1. The molecule has 0 bridgehead atoms. The Labute approximate surface area is 130 Å². The number of nitrogens with zero attached hydrogens (tertiary/aromatic N) is 2. The molecule has 0 saturated carbocycles. The molecule has 2 heterocycles. The summed E-state index contributed by atoms with van der Waals surface area (Å²) in [5.41, 5.74) is 4.42. The van der Waals surface area contributed by atoms with Crippen molar-refractivity contribution in [2.24, 2.45) is 0 Å². The van der Waals surface area contributed by atoms with Crippen LogP contribution in [0.15, 0.2) is 18.3 Å². The van der Waals surface area contributed by atoms with E-state index in [1.54, 1.807) is 25.1 Å². The molecule has 0 radical (unpaired) electrons. The lowest BCUT2D eigenvalue weighted by atomic mass is 10.1. The predicted octanol–water partition coefficient (Wildman–Crippen LogP) is 2.81. The van der Waals surface area contributed by atoms with Gasteiger partial charge in [0.2, 0.25) is 0 Å². The van der Waals surface area contributed by atoms with Crippen molar-refractivity contribution in [1.29, 1.82) is 0 Å². The van der Waals surface area contributed by atoms with E-state index in [0.717, 1.165) is 17.0 Å². The van der Waals surface area contributed by atoms with Gasteiger partial charge in [-0.25, -0.2) is 0 Å². The van der Waals surface area contributed by atoms with E-state index >= 15 is 0 Å². The SMILES string of the molecule is CC(=O)c1[nH]c(C)c(C(=O)N(C)Cc2ncccc2C)c1C. The van der Waals surface area contributed by atoms with Crippen LogP contribution in [0.3, 0.4) is 0 Å². The summed E-state index contributed by atoms with van der Waals surface area (Å²) in [5.74, 6) is -0.174. The van der Waals surface area contributed by atoms with Crippen LogP contribution in [0.4, 0.5) is 0 Å². The Morgan fingerprint density at radius 3 is 2.50 bits per heavy atom. The van der Waals surface area contributed by atoms with E-state index in [1.807, 2.05) is 26.0 Å². The van der Waals surface area contributed by atoms with Gasteiger partial charge in [0.05, 0.1) is 23.5 Å². The van der Waals surface area contributed by atoms with Gasteiger partial charge in [0.1, 0.15) is 0 Å². The van der Waals surface area contributed by atoms with E-state index in [1.165, 1.54) is 6.92 Å². The second kappa shape index (κ2) is 6.13. The van der Waals surface area contributed by atoms with Crippen molar-refractivity contribution in [3.05, 3.63) is 52.1 Å². The Morgan fingerprint density at radius 1 is 1.27 bits per heavy atom. The molecule has 0 fully saturated rings. The quantitative estimate of drug-likeness (QED) is 0.883. The molecule has 5 nitrogen and oxygen atoms in total. The number of pyridine rings is 1. The van der Waals surface area contributed by atoms with Crippen molar-refractivity contribution in [3.63, 3.8) is 0 Å². The number of carbonyl (C=O) groups is 2. The Kier molecular flexibility index (Phi) is 4.45. The second-order valence-corrected chi connectivity index (χ2v) is 5.61. The Bertz CT molecular complexity index is 732. The van der Waals surface area contributed by atoms with Crippen molar-refractivity contribution in [2.45, 2.75) is 34.2 Å². The number of hydrogen-bond acceptors (Lipinski definition) is 3. The normalized spacial score (nSPS) is 10.6. The molecule has 0 aliphatic carbocycles. The molecule has 0 atom stereocenters. The van der Waals surface area contributed by atoms with E-state index in [2.05, 4.69) is 9.97 Å². The van der Waals surface area contributed by atoms with Crippen LogP contribution in [0.5, 0.6) is 0 Å². The minimum absolute atomic E-state index is 0.0668. The molecule has 0 aromatic carbocycles.